The van der Waals surface area contributed by atoms with Crippen molar-refractivity contribution in [3.05, 3.63) is 78.9 Å². The number of aryl methyl sites for hydroxylation is 1. The third-order valence-corrected chi connectivity index (χ3v) is 8.06. The van der Waals surface area contributed by atoms with Crippen LogP contribution in [0.5, 0.6) is 0 Å². The second-order valence-corrected chi connectivity index (χ2v) is 9.30. The standard InChI is InChI=1S/C27H16N2S/c1-28-19-11-5-8-15-16-9-4-10-18-25(16)29(21-13-6-12-20(28)24(21)23(15)19)26-17-7-2-3-14-22(17)30-27(18)26/h2-14H,1H3. The Kier molecular flexibility index (Phi) is 2.52. The van der Waals surface area contributed by atoms with Crippen LogP contribution in [-0.4, -0.2) is 8.97 Å². The fourth-order valence-electron chi connectivity index (χ4n) is 5.66. The van der Waals surface area contributed by atoms with E-state index >= 15 is 0 Å². The van der Waals surface area contributed by atoms with Gasteiger partial charge in [-0.15, -0.1) is 11.3 Å². The van der Waals surface area contributed by atoms with E-state index in [2.05, 4.69) is 94.9 Å². The number of nitrogens with zero attached hydrogens (tertiary/aromatic N) is 2. The summed E-state index contributed by atoms with van der Waals surface area (Å²) in [5, 5.41) is 8.09. The van der Waals surface area contributed by atoms with Crippen LogP contribution in [0, 0.1) is 0 Å². The Morgan fingerprint density at radius 3 is 2.17 bits per heavy atom. The number of rotatable bonds is 0. The van der Waals surface area contributed by atoms with Crippen LogP contribution in [-0.2, 0) is 7.05 Å². The second-order valence-electron chi connectivity index (χ2n) is 8.24. The summed E-state index contributed by atoms with van der Waals surface area (Å²) in [6.45, 7) is 0. The van der Waals surface area contributed by atoms with Crippen molar-refractivity contribution in [1.29, 1.82) is 0 Å². The summed E-state index contributed by atoms with van der Waals surface area (Å²) < 4.78 is 7.62. The molecule has 140 valence electrons. The lowest BCUT2D eigenvalue weighted by molar-refractivity contribution is 1.01. The van der Waals surface area contributed by atoms with Crippen LogP contribution in [0.25, 0.3) is 69.3 Å². The highest BCUT2D eigenvalue weighted by molar-refractivity contribution is 7.26. The van der Waals surface area contributed by atoms with Gasteiger partial charge in [-0.1, -0.05) is 54.6 Å². The van der Waals surface area contributed by atoms with Crippen molar-refractivity contribution in [2.45, 2.75) is 0 Å². The molecule has 0 radical (unpaired) electrons. The molecule has 0 saturated heterocycles. The Balaban J connectivity index is 1.91. The van der Waals surface area contributed by atoms with Gasteiger partial charge < -0.3 is 8.97 Å². The summed E-state index contributed by atoms with van der Waals surface area (Å²) in [4.78, 5) is 0. The van der Waals surface area contributed by atoms with Crippen LogP contribution >= 0.6 is 11.3 Å². The number of hydrogen-bond acceptors (Lipinski definition) is 1. The van der Waals surface area contributed by atoms with Crippen LogP contribution in [0.2, 0.25) is 0 Å². The molecule has 4 aromatic heterocycles. The predicted molar refractivity (Wildman–Crippen MR) is 130 cm³/mol. The molecule has 0 aliphatic heterocycles. The molecule has 4 aromatic carbocycles. The van der Waals surface area contributed by atoms with Crippen molar-refractivity contribution in [3.8, 4) is 0 Å². The fourth-order valence-corrected chi connectivity index (χ4v) is 6.87. The number of para-hydroxylation sites is 1. The fraction of sp³-hybridized carbons (Fsp3) is 0.0370. The molecule has 0 spiro atoms. The summed E-state index contributed by atoms with van der Waals surface area (Å²) in [5.74, 6) is 0. The number of thiophene rings is 1. The maximum Gasteiger partial charge on any atom is 0.0728 e. The Morgan fingerprint density at radius 1 is 0.567 bits per heavy atom. The first-order valence-corrected chi connectivity index (χ1v) is 11.1. The molecule has 4 heterocycles. The van der Waals surface area contributed by atoms with E-state index in [-0.39, 0.29) is 0 Å². The first kappa shape index (κ1) is 15.3. The minimum Gasteiger partial charge on any atom is -0.344 e. The highest BCUT2D eigenvalue weighted by atomic mass is 32.1. The predicted octanol–water partition coefficient (Wildman–Crippen LogP) is 7.70. The highest BCUT2D eigenvalue weighted by Gasteiger charge is 2.21. The molecule has 0 aliphatic carbocycles. The van der Waals surface area contributed by atoms with Crippen molar-refractivity contribution >= 4 is 80.6 Å². The highest BCUT2D eigenvalue weighted by Crippen LogP contribution is 2.46. The number of fused-ring (bicyclic) bond motifs is 7. The molecule has 3 heteroatoms. The van der Waals surface area contributed by atoms with E-state index in [1.165, 1.54) is 69.3 Å². The SMILES string of the molecule is Cn1c2cccc3c4cccc5c6sc7ccccc7c6n(c6cccc1c6c32)c45. The molecule has 0 aliphatic rings. The number of aromatic nitrogens is 2. The molecule has 30 heavy (non-hydrogen) atoms. The van der Waals surface area contributed by atoms with E-state index in [0.717, 1.165) is 0 Å². The summed E-state index contributed by atoms with van der Waals surface area (Å²) in [6, 6.07) is 29.1. The van der Waals surface area contributed by atoms with Gasteiger partial charge in [-0.3, -0.25) is 0 Å². The molecule has 0 atom stereocenters. The van der Waals surface area contributed by atoms with Gasteiger partial charge in [-0.25, -0.2) is 0 Å². The minimum absolute atomic E-state index is 1.29. The Morgan fingerprint density at radius 2 is 1.23 bits per heavy atom. The average Bonchev–Trinajstić information content (AvgIpc) is 3.38. The van der Waals surface area contributed by atoms with Gasteiger partial charge in [-0.05, 0) is 29.7 Å². The van der Waals surface area contributed by atoms with Gasteiger partial charge in [0.05, 0.1) is 26.8 Å². The van der Waals surface area contributed by atoms with Crippen molar-refractivity contribution in [2.75, 3.05) is 0 Å². The molecule has 8 aromatic rings. The summed E-state index contributed by atoms with van der Waals surface area (Å²) in [6.07, 6.45) is 0. The lowest BCUT2D eigenvalue weighted by atomic mass is 10.0. The van der Waals surface area contributed by atoms with Crippen LogP contribution in [0.3, 0.4) is 0 Å². The first-order valence-electron chi connectivity index (χ1n) is 10.3. The van der Waals surface area contributed by atoms with Crippen LogP contribution in [0.1, 0.15) is 0 Å². The zero-order valence-electron chi connectivity index (χ0n) is 16.3. The van der Waals surface area contributed by atoms with Crippen LogP contribution in [0.15, 0.2) is 78.9 Å². The summed E-state index contributed by atoms with van der Waals surface area (Å²) >= 11 is 1.91. The quantitative estimate of drug-likeness (QED) is 0.247. The smallest absolute Gasteiger partial charge is 0.0728 e. The third-order valence-electron chi connectivity index (χ3n) is 6.86. The Labute approximate surface area is 175 Å². The normalized spacial score (nSPS) is 12.8. The van der Waals surface area contributed by atoms with Gasteiger partial charge in [0.1, 0.15) is 0 Å². The largest absolute Gasteiger partial charge is 0.344 e. The Hall–Kier alpha value is -3.56. The summed E-state index contributed by atoms with van der Waals surface area (Å²) in [5.41, 5.74) is 6.55. The van der Waals surface area contributed by atoms with E-state index < -0.39 is 0 Å². The molecule has 0 amide bonds. The second kappa shape index (κ2) is 4.94. The molecular formula is C27H16N2S. The maximum atomic E-state index is 2.54. The van der Waals surface area contributed by atoms with Gasteiger partial charge in [0.15, 0.2) is 0 Å². The molecule has 0 saturated carbocycles. The molecule has 0 N–H and O–H groups in total. The minimum atomic E-state index is 1.29. The van der Waals surface area contributed by atoms with Gasteiger partial charge in [0, 0.05) is 44.2 Å². The van der Waals surface area contributed by atoms with Crippen LogP contribution in [0.4, 0.5) is 0 Å². The van der Waals surface area contributed by atoms with E-state index in [4.69, 9.17) is 0 Å². The first-order chi connectivity index (χ1) is 14.8. The zero-order valence-corrected chi connectivity index (χ0v) is 17.1. The van der Waals surface area contributed by atoms with E-state index in [1.54, 1.807) is 0 Å². The average molecular weight is 401 g/mol. The molecule has 2 nitrogen and oxygen atoms in total. The molecule has 0 fully saturated rings. The number of benzene rings is 4. The lowest BCUT2D eigenvalue weighted by Crippen LogP contribution is -1.89. The van der Waals surface area contributed by atoms with E-state index in [1.807, 2.05) is 11.3 Å². The lowest BCUT2D eigenvalue weighted by Gasteiger charge is -2.04. The van der Waals surface area contributed by atoms with Gasteiger partial charge in [0.2, 0.25) is 0 Å². The molecule has 0 bridgehead atoms. The topological polar surface area (TPSA) is 9.34 Å². The van der Waals surface area contributed by atoms with Crippen molar-refractivity contribution in [2.24, 2.45) is 7.05 Å². The maximum absolute atomic E-state index is 2.54. The zero-order chi connectivity index (χ0) is 19.6. The van der Waals surface area contributed by atoms with Crippen molar-refractivity contribution < 1.29 is 0 Å². The van der Waals surface area contributed by atoms with Gasteiger partial charge >= 0.3 is 0 Å². The monoisotopic (exact) mass is 400 g/mol. The summed E-state index contributed by atoms with van der Waals surface area (Å²) in [7, 11) is 2.19. The third kappa shape index (κ3) is 1.54. The molecule has 0 unspecified atom stereocenters. The molecular weight excluding hydrogens is 384 g/mol. The van der Waals surface area contributed by atoms with Crippen LogP contribution < -0.4 is 0 Å². The number of hydrogen-bond donors (Lipinski definition) is 0. The van der Waals surface area contributed by atoms with Gasteiger partial charge in [0.25, 0.3) is 0 Å². The van der Waals surface area contributed by atoms with E-state index in [0.29, 0.717) is 0 Å². The van der Waals surface area contributed by atoms with E-state index in [9.17, 15) is 0 Å². The van der Waals surface area contributed by atoms with Gasteiger partial charge in [-0.2, -0.15) is 0 Å². The van der Waals surface area contributed by atoms with Crippen molar-refractivity contribution in [1.82, 2.24) is 8.97 Å². The Bertz CT molecular complexity index is 1960. The van der Waals surface area contributed by atoms with Crippen molar-refractivity contribution in [3.63, 3.8) is 0 Å². The molecule has 8 rings (SSSR count).